The first-order valence-corrected chi connectivity index (χ1v) is 11.6. The molecule has 0 atom stereocenters. The van der Waals surface area contributed by atoms with Crippen molar-refractivity contribution in [3.8, 4) is 0 Å². The maximum Gasteiger partial charge on any atom is 0.227 e. The van der Waals surface area contributed by atoms with Gasteiger partial charge >= 0.3 is 0 Å². The number of aromatic nitrogens is 2. The molecule has 162 valence electrons. The Morgan fingerprint density at radius 1 is 0.758 bits per heavy atom. The summed E-state index contributed by atoms with van der Waals surface area (Å²) in [5.74, 6) is 0.121. The van der Waals surface area contributed by atoms with E-state index in [1.165, 1.54) is 27.1 Å². The van der Waals surface area contributed by atoms with E-state index >= 15 is 0 Å². The lowest BCUT2D eigenvalue weighted by atomic mass is 9.93. The summed E-state index contributed by atoms with van der Waals surface area (Å²) in [7, 11) is 0. The van der Waals surface area contributed by atoms with Crippen molar-refractivity contribution in [3.05, 3.63) is 120 Å². The molecule has 5 rings (SSSR count). The van der Waals surface area contributed by atoms with E-state index < -0.39 is 0 Å². The fourth-order valence-electron chi connectivity index (χ4n) is 4.64. The number of hydrogen-bond acceptors (Lipinski definition) is 2. The summed E-state index contributed by atoms with van der Waals surface area (Å²) in [4.78, 5) is 17.0. The van der Waals surface area contributed by atoms with Crippen molar-refractivity contribution in [1.29, 1.82) is 0 Å². The van der Waals surface area contributed by atoms with Crippen molar-refractivity contribution >= 4 is 27.3 Å². The molecule has 0 aliphatic heterocycles. The molecular formula is C30H27N2O+. The molecule has 0 saturated heterocycles. The van der Waals surface area contributed by atoms with E-state index in [0.29, 0.717) is 6.54 Å². The van der Waals surface area contributed by atoms with Gasteiger partial charge in [0.25, 0.3) is 0 Å². The van der Waals surface area contributed by atoms with E-state index in [1.54, 1.807) is 6.20 Å². The van der Waals surface area contributed by atoms with Gasteiger partial charge in [-0.3, -0.25) is 9.78 Å². The van der Waals surface area contributed by atoms with Gasteiger partial charge in [0.05, 0.1) is 12.4 Å². The number of Topliss-reactive ketones (excluding diaryl/α,β-unsaturated/α-hetero) is 1. The maximum atomic E-state index is 12.7. The molecule has 3 heteroatoms. The van der Waals surface area contributed by atoms with Crippen LogP contribution in [0.4, 0.5) is 0 Å². The molecule has 0 spiro atoms. The van der Waals surface area contributed by atoms with E-state index in [4.69, 9.17) is 0 Å². The van der Waals surface area contributed by atoms with Crippen LogP contribution in [0, 0.1) is 0 Å². The van der Waals surface area contributed by atoms with E-state index in [-0.39, 0.29) is 5.78 Å². The van der Waals surface area contributed by atoms with Crippen LogP contribution in [0.5, 0.6) is 0 Å². The van der Waals surface area contributed by atoms with Crippen molar-refractivity contribution in [2.45, 2.75) is 32.2 Å². The SMILES string of the molecule is O=C(C[n+]1ccncc1CCCCc1c2ccccc2cc2ccccc12)c1ccccc1. The van der Waals surface area contributed by atoms with Gasteiger partial charge in [-0.15, -0.1) is 0 Å². The minimum absolute atomic E-state index is 0.121. The number of unbranched alkanes of at least 4 members (excludes halogenated alkanes) is 1. The first-order valence-electron chi connectivity index (χ1n) is 11.6. The third kappa shape index (κ3) is 4.68. The molecule has 1 heterocycles. The normalized spacial score (nSPS) is 11.2. The Morgan fingerprint density at radius 2 is 1.39 bits per heavy atom. The van der Waals surface area contributed by atoms with Crippen molar-refractivity contribution < 1.29 is 9.36 Å². The predicted molar refractivity (Wildman–Crippen MR) is 133 cm³/mol. The standard InChI is InChI=1S/C30H27N2O/c33-30(23-10-2-1-3-11-23)22-32-19-18-31-21-26(32)14-6-9-17-29-27-15-7-4-12-24(27)20-25-13-5-8-16-28(25)29/h1-5,7-8,10-13,15-16,18-21H,6,9,14,17,22H2/q+1. The second-order valence-corrected chi connectivity index (χ2v) is 8.49. The molecule has 4 aromatic carbocycles. The zero-order valence-electron chi connectivity index (χ0n) is 18.7. The van der Waals surface area contributed by atoms with Gasteiger partial charge in [-0.05, 0) is 52.4 Å². The summed E-state index contributed by atoms with van der Waals surface area (Å²) in [6.07, 6.45) is 9.62. The van der Waals surface area contributed by atoms with Crippen LogP contribution in [0.2, 0.25) is 0 Å². The molecule has 5 aromatic rings. The quantitative estimate of drug-likeness (QED) is 0.128. The van der Waals surface area contributed by atoms with Crippen molar-refractivity contribution in [2.24, 2.45) is 0 Å². The Labute approximate surface area is 194 Å². The molecule has 0 fully saturated rings. The van der Waals surface area contributed by atoms with Crippen molar-refractivity contribution in [1.82, 2.24) is 4.98 Å². The molecule has 0 amide bonds. The highest BCUT2D eigenvalue weighted by Gasteiger charge is 2.16. The van der Waals surface area contributed by atoms with Crippen LogP contribution in [0.25, 0.3) is 21.5 Å². The van der Waals surface area contributed by atoms with Gasteiger partial charge in [0, 0.05) is 12.0 Å². The summed E-state index contributed by atoms with van der Waals surface area (Å²) < 4.78 is 2.04. The summed E-state index contributed by atoms with van der Waals surface area (Å²) >= 11 is 0. The van der Waals surface area contributed by atoms with E-state index in [1.807, 2.05) is 47.3 Å². The predicted octanol–water partition coefficient (Wildman–Crippen LogP) is 6.12. The number of fused-ring (bicyclic) bond motifs is 2. The number of benzene rings is 4. The Bertz CT molecular complexity index is 1360. The summed E-state index contributed by atoms with van der Waals surface area (Å²) in [6.45, 7) is 0.343. The monoisotopic (exact) mass is 431 g/mol. The Morgan fingerprint density at radius 3 is 2.12 bits per heavy atom. The number of carbonyl (C=O) groups excluding carboxylic acids is 1. The smallest absolute Gasteiger partial charge is 0.227 e. The number of nitrogens with zero attached hydrogens (tertiary/aromatic N) is 2. The lowest BCUT2D eigenvalue weighted by Gasteiger charge is -2.11. The molecule has 0 saturated carbocycles. The first-order chi connectivity index (χ1) is 16.3. The minimum Gasteiger partial charge on any atom is -0.287 e. The van der Waals surface area contributed by atoms with Crippen LogP contribution in [-0.2, 0) is 19.4 Å². The number of ketones is 1. The zero-order valence-corrected chi connectivity index (χ0v) is 18.7. The second-order valence-electron chi connectivity index (χ2n) is 8.49. The number of rotatable bonds is 8. The van der Waals surface area contributed by atoms with Gasteiger partial charge in [-0.2, -0.15) is 4.57 Å². The molecule has 0 radical (unpaired) electrons. The van der Waals surface area contributed by atoms with Crippen LogP contribution in [0.15, 0.2) is 104 Å². The lowest BCUT2D eigenvalue weighted by Crippen LogP contribution is -2.41. The molecular weight excluding hydrogens is 404 g/mol. The van der Waals surface area contributed by atoms with Gasteiger partial charge in [0.1, 0.15) is 0 Å². The summed E-state index contributed by atoms with van der Waals surface area (Å²) in [5, 5.41) is 5.30. The van der Waals surface area contributed by atoms with E-state index in [9.17, 15) is 4.79 Å². The maximum absolute atomic E-state index is 12.7. The highest BCUT2D eigenvalue weighted by atomic mass is 16.1. The molecule has 3 nitrogen and oxygen atoms in total. The van der Waals surface area contributed by atoms with Crippen LogP contribution in [-0.4, -0.2) is 10.8 Å². The highest BCUT2D eigenvalue weighted by molar-refractivity contribution is 6.02. The largest absolute Gasteiger partial charge is 0.287 e. The Kier molecular flexibility index (Phi) is 6.21. The summed E-state index contributed by atoms with van der Waals surface area (Å²) in [5.41, 5.74) is 3.28. The average molecular weight is 432 g/mol. The molecule has 0 aliphatic rings. The van der Waals surface area contributed by atoms with Crippen LogP contribution < -0.4 is 4.57 Å². The fourth-order valence-corrected chi connectivity index (χ4v) is 4.64. The third-order valence-corrected chi connectivity index (χ3v) is 6.33. The van der Waals surface area contributed by atoms with Crippen LogP contribution in [0.3, 0.4) is 0 Å². The number of aryl methyl sites for hydroxylation is 2. The topological polar surface area (TPSA) is 33.8 Å². The molecule has 0 N–H and O–H groups in total. The van der Waals surface area contributed by atoms with Gasteiger partial charge in [-0.1, -0.05) is 78.9 Å². The molecule has 33 heavy (non-hydrogen) atoms. The number of hydrogen-bond donors (Lipinski definition) is 0. The van der Waals surface area contributed by atoms with Gasteiger partial charge < -0.3 is 0 Å². The molecule has 0 bridgehead atoms. The zero-order chi connectivity index (χ0) is 22.5. The van der Waals surface area contributed by atoms with Crippen molar-refractivity contribution in [3.63, 3.8) is 0 Å². The Hall–Kier alpha value is -3.85. The average Bonchev–Trinajstić information content (AvgIpc) is 2.87. The molecule has 0 unspecified atom stereocenters. The third-order valence-electron chi connectivity index (χ3n) is 6.33. The summed E-state index contributed by atoms with van der Waals surface area (Å²) in [6, 6.07) is 29.1. The number of carbonyl (C=O) groups is 1. The minimum atomic E-state index is 0.121. The van der Waals surface area contributed by atoms with Gasteiger partial charge in [0.15, 0.2) is 11.9 Å². The van der Waals surface area contributed by atoms with Crippen LogP contribution >= 0.6 is 0 Å². The van der Waals surface area contributed by atoms with Crippen molar-refractivity contribution in [2.75, 3.05) is 0 Å². The Balaban J connectivity index is 1.30. The fraction of sp³-hybridized carbons (Fsp3) is 0.167. The van der Waals surface area contributed by atoms with Gasteiger partial charge in [-0.25, -0.2) is 0 Å². The van der Waals surface area contributed by atoms with E-state index in [0.717, 1.165) is 36.9 Å². The lowest BCUT2D eigenvalue weighted by molar-refractivity contribution is -0.691. The van der Waals surface area contributed by atoms with Crippen LogP contribution in [0.1, 0.15) is 34.5 Å². The molecule has 1 aromatic heterocycles. The highest BCUT2D eigenvalue weighted by Crippen LogP contribution is 2.29. The van der Waals surface area contributed by atoms with Gasteiger partial charge in [0.2, 0.25) is 12.3 Å². The molecule has 0 aliphatic carbocycles. The first kappa shape index (κ1) is 21.0. The van der Waals surface area contributed by atoms with E-state index in [2.05, 4.69) is 59.6 Å². The second kappa shape index (κ2) is 9.74.